The molecule has 4 aromatic rings. The van der Waals surface area contributed by atoms with E-state index in [1.54, 1.807) is 69.9 Å². The van der Waals surface area contributed by atoms with Crippen LogP contribution in [0.15, 0.2) is 102 Å². The lowest BCUT2D eigenvalue weighted by atomic mass is 10.1. The van der Waals surface area contributed by atoms with E-state index in [9.17, 15) is 9.59 Å². The summed E-state index contributed by atoms with van der Waals surface area (Å²) in [5.74, 6) is 1.25. The SMILES string of the molecule is COc1cccc(C(=O)Nc2cccc(SC(C(=O)Nc3cc(OC)ccc3OC)c3ccccc3)c2)c1. The van der Waals surface area contributed by atoms with E-state index in [-0.39, 0.29) is 11.8 Å². The molecule has 0 aliphatic rings. The summed E-state index contributed by atoms with van der Waals surface area (Å²) in [5, 5.41) is 5.34. The van der Waals surface area contributed by atoms with E-state index in [4.69, 9.17) is 14.2 Å². The minimum Gasteiger partial charge on any atom is -0.497 e. The molecule has 0 radical (unpaired) electrons. The molecule has 7 nitrogen and oxygen atoms in total. The number of rotatable bonds is 10. The molecule has 0 saturated heterocycles. The Morgan fingerprint density at radius 1 is 0.711 bits per heavy atom. The molecule has 8 heteroatoms. The van der Waals surface area contributed by atoms with Crippen molar-refractivity contribution >= 4 is 35.0 Å². The van der Waals surface area contributed by atoms with Crippen LogP contribution >= 0.6 is 11.8 Å². The van der Waals surface area contributed by atoms with E-state index in [0.717, 1.165) is 10.5 Å². The molecule has 38 heavy (non-hydrogen) atoms. The van der Waals surface area contributed by atoms with Crippen molar-refractivity contribution in [1.29, 1.82) is 0 Å². The van der Waals surface area contributed by atoms with Gasteiger partial charge in [-0.1, -0.05) is 42.5 Å². The number of anilines is 2. The quantitative estimate of drug-likeness (QED) is 0.231. The van der Waals surface area contributed by atoms with Crippen molar-refractivity contribution in [3.8, 4) is 17.2 Å². The predicted octanol–water partition coefficient (Wildman–Crippen LogP) is 6.44. The fourth-order valence-electron chi connectivity index (χ4n) is 3.76. The average Bonchev–Trinajstić information content (AvgIpc) is 2.96. The molecule has 0 aliphatic heterocycles. The van der Waals surface area contributed by atoms with Gasteiger partial charge < -0.3 is 24.8 Å². The summed E-state index contributed by atoms with van der Waals surface area (Å²) in [6, 6.07) is 29.1. The Hall–Kier alpha value is -4.43. The van der Waals surface area contributed by atoms with Gasteiger partial charge in [0.1, 0.15) is 22.5 Å². The first-order valence-corrected chi connectivity index (χ1v) is 12.7. The topological polar surface area (TPSA) is 85.9 Å². The molecule has 0 saturated carbocycles. The normalized spacial score (nSPS) is 11.2. The third-order valence-electron chi connectivity index (χ3n) is 5.68. The molecular weight excluding hydrogens is 500 g/mol. The molecule has 0 spiro atoms. The van der Waals surface area contributed by atoms with Crippen LogP contribution in [-0.2, 0) is 4.79 Å². The third kappa shape index (κ3) is 6.66. The molecule has 0 fully saturated rings. The number of hydrogen-bond donors (Lipinski definition) is 2. The average molecular weight is 529 g/mol. The minimum absolute atomic E-state index is 0.224. The van der Waals surface area contributed by atoms with Gasteiger partial charge in [0.15, 0.2) is 0 Å². The standard InChI is InChI=1S/C30H28N2O5S/c1-35-23-13-7-11-21(17-23)29(33)31-22-12-8-14-25(18-22)38-28(20-9-5-4-6-10-20)30(34)32-26-19-24(36-2)15-16-27(26)37-3/h4-19,28H,1-3H3,(H,31,33)(H,32,34). The van der Waals surface area contributed by atoms with Crippen LogP contribution in [0.25, 0.3) is 0 Å². The lowest BCUT2D eigenvalue weighted by molar-refractivity contribution is -0.115. The highest BCUT2D eigenvalue weighted by Crippen LogP contribution is 2.38. The fourth-order valence-corrected chi connectivity index (χ4v) is 4.85. The number of amides is 2. The van der Waals surface area contributed by atoms with Crippen molar-refractivity contribution in [3.63, 3.8) is 0 Å². The Balaban J connectivity index is 1.56. The highest BCUT2D eigenvalue weighted by molar-refractivity contribution is 8.00. The van der Waals surface area contributed by atoms with Gasteiger partial charge in [0.05, 0.1) is 27.0 Å². The molecule has 1 unspecified atom stereocenters. The summed E-state index contributed by atoms with van der Waals surface area (Å²) in [6.45, 7) is 0. The second kappa shape index (κ2) is 12.7. The number of methoxy groups -OCH3 is 3. The Bertz CT molecular complexity index is 1410. The van der Waals surface area contributed by atoms with Crippen LogP contribution < -0.4 is 24.8 Å². The summed E-state index contributed by atoms with van der Waals surface area (Å²) in [6.07, 6.45) is 0. The number of benzene rings is 4. The monoisotopic (exact) mass is 528 g/mol. The number of carbonyl (C=O) groups excluding carboxylic acids is 2. The number of ether oxygens (including phenoxy) is 3. The first-order valence-electron chi connectivity index (χ1n) is 11.8. The van der Waals surface area contributed by atoms with E-state index in [1.165, 1.54) is 11.8 Å². The van der Waals surface area contributed by atoms with E-state index in [0.29, 0.717) is 34.2 Å². The second-order valence-corrected chi connectivity index (χ2v) is 9.36. The molecule has 194 valence electrons. The van der Waals surface area contributed by atoms with Crippen molar-refractivity contribution in [2.75, 3.05) is 32.0 Å². The maximum absolute atomic E-state index is 13.6. The van der Waals surface area contributed by atoms with Crippen molar-refractivity contribution in [1.82, 2.24) is 0 Å². The summed E-state index contributed by atoms with van der Waals surface area (Å²) < 4.78 is 16.0. The zero-order valence-corrected chi connectivity index (χ0v) is 22.1. The number of hydrogen-bond acceptors (Lipinski definition) is 6. The number of nitrogens with one attached hydrogen (secondary N) is 2. The van der Waals surface area contributed by atoms with E-state index < -0.39 is 5.25 Å². The van der Waals surface area contributed by atoms with Crippen LogP contribution in [0.5, 0.6) is 17.2 Å². The minimum atomic E-state index is -0.573. The molecular formula is C30H28N2O5S. The Kier molecular flexibility index (Phi) is 8.89. The maximum atomic E-state index is 13.6. The molecule has 0 bridgehead atoms. The van der Waals surface area contributed by atoms with E-state index >= 15 is 0 Å². The molecule has 1 atom stereocenters. The lowest BCUT2D eigenvalue weighted by Gasteiger charge is -2.19. The van der Waals surface area contributed by atoms with Gasteiger partial charge in [0, 0.05) is 22.2 Å². The Labute approximate surface area is 226 Å². The molecule has 4 aromatic carbocycles. The van der Waals surface area contributed by atoms with Crippen LogP contribution in [0.3, 0.4) is 0 Å². The highest BCUT2D eigenvalue weighted by atomic mass is 32.2. The van der Waals surface area contributed by atoms with Crippen LogP contribution in [-0.4, -0.2) is 33.1 Å². The van der Waals surface area contributed by atoms with Gasteiger partial charge in [0.2, 0.25) is 5.91 Å². The lowest BCUT2D eigenvalue weighted by Crippen LogP contribution is -2.19. The van der Waals surface area contributed by atoms with Crippen LogP contribution in [0.2, 0.25) is 0 Å². The van der Waals surface area contributed by atoms with Gasteiger partial charge in [-0.25, -0.2) is 0 Å². The van der Waals surface area contributed by atoms with Gasteiger partial charge in [0.25, 0.3) is 5.91 Å². The fraction of sp³-hybridized carbons (Fsp3) is 0.133. The Morgan fingerprint density at radius 2 is 1.45 bits per heavy atom. The van der Waals surface area contributed by atoms with Crippen molar-refractivity contribution in [2.24, 2.45) is 0 Å². The first-order chi connectivity index (χ1) is 18.5. The molecule has 0 aliphatic carbocycles. The first kappa shape index (κ1) is 26.6. The molecule has 4 rings (SSSR count). The van der Waals surface area contributed by atoms with Crippen LogP contribution in [0, 0.1) is 0 Å². The van der Waals surface area contributed by atoms with Gasteiger partial charge in [-0.3, -0.25) is 9.59 Å². The largest absolute Gasteiger partial charge is 0.497 e. The summed E-state index contributed by atoms with van der Waals surface area (Å²) in [5.41, 5.74) is 2.45. The zero-order valence-electron chi connectivity index (χ0n) is 21.3. The van der Waals surface area contributed by atoms with Gasteiger partial charge in [-0.15, -0.1) is 11.8 Å². The molecule has 2 amide bonds. The van der Waals surface area contributed by atoms with Gasteiger partial charge in [-0.05, 0) is 54.1 Å². The molecule has 2 N–H and O–H groups in total. The van der Waals surface area contributed by atoms with Crippen LogP contribution in [0.1, 0.15) is 21.2 Å². The van der Waals surface area contributed by atoms with Crippen molar-refractivity contribution < 1.29 is 23.8 Å². The highest BCUT2D eigenvalue weighted by Gasteiger charge is 2.24. The van der Waals surface area contributed by atoms with E-state index in [1.807, 2.05) is 48.5 Å². The summed E-state index contributed by atoms with van der Waals surface area (Å²) in [4.78, 5) is 27.2. The second-order valence-electron chi connectivity index (χ2n) is 8.18. The smallest absolute Gasteiger partial charge is 0.255 e. The Morgan fingerprint density at radius 3 is 2.18 bits per heavy atom. The molecule has 0 heterocycles. The van der Waals surface area contributed by atoms with E-state index in [2.05, 4.69) is 10.6 Å². The summed E-state index contributed by atoms with van der Waals surface area (Å²) >= 11 is 1.38. The van der Waals surface area contributed by atoms with Crippen LogP contribution in [0.4, 0.5) is 11.4 Å². The third-order valence-corrected chi connectivity index (χ3v) is 6.93. The number of carbonyl (C=O) groups is 2. The van der Waals surface area contributed by atoms with Gasteiger partial charge >= 0.3 is 0 Å². The molecule has 0 aromatic heterocycles. The van der Waals surface area contributed by atoms with Gasteiger partial charge in [-0.2, -0.15) is 0 Å². The summed E-state index contributed by atoms with van der Waals surface area (Å²) in [7, 11) is 4.67. The zero-order chi connectivity index (χ0) is 26.9. The number of thioether (sulfide) groups is 1. The maximum Gasteiger partial charge on any atom is 0.255 e. The van der Waals surface area contributed by atoms with Crippen molar-refractivity contribution in [3.05, 3.63) is 108 Å². The van der Waals surface area contributed by atoms with Crippen molar-refractivity contribution in [2.45, 2.75) is 10.1 Å². The predicted molar refractivity (Wildman–Crippen MR) is 151 cm³/mol.